The second kappa shape index (κ2) is 5.83. The van der Waals surface area contributed by atoms with E-state index < -0.39 is 0 Å². The SMILES string of the molecule is COc1ccc(-n2nnnc2/C=C/[NH+]2CCCC2)cc1. The third-order valence-corrected chi connectivity index (χ3v) is 3.52. The molecular formula is C14H18N5O+. The van der Waals surface area contributed by atoms with Crippen LogP contribution in [0.5, 0.6) is 5.75 Å². The van der Waals surface area contributed by atoms with Gasteiger partial charge in [-0.1, -0.05) is 0 Å². The number of nitrogens with zero attached hydrogens (tertiary/aromatic N) is 4. The van der Waals surface area contributed by atoms with Crippen molar-refractivity contribution in [1.82, 2.24) is 20.2 Å². The van der Waals surface area contributed by atoms with Crippen LogP contribution in [0.4, 0.5) is 0 Å². The molecule has 1 fully saturated rings. The smallest absolute Gasteiger partial charge is 0.185 e. The molecule has 0 bridgehead atoms. The van der Waals surface area contributed by atoms with Gasteiger partial charge in [-0.05, 0) is 34.7 Å². The summed E-state index contributed by atoms with van der Waals surface area (Å²) in [7, 11) is 1.65. The van der Waals surface area contributed by atoms with E-state index in [4.69, 9.17) is 4.74 Å². The molecule has 0 saturated carbocycles. The predicted octanol–water partition coefficient (Wildman–Crippen LogP) is 0.320. The fourth-order valence-electron chi connectivity index (χ4n) is 2.39. The van der Waals surface area contributed by atoms with Crippen molar-refractivity contribution in [1.29, 1.82) is 0 Å². The monoisotopic (exact) mass is 272 g/mol. The van der Waals surface area contributed by atoms with Crippen molar-refractivity contribution in [3.05, 3.63) is 36.3 Å². The molecule has 1 aliphatic heterocycles. The number of tetrazole rings is 1. The number of ether oxygens (including phenoxy) is 1. The Morgan fingerprint density at radius 1 is 1.20 bits per heavy atom. The Hall–Kier alpha value is -2.21. The molecule has 2 heterocycles. The van der Waals surface area contributed by atoms with Gasteiger partial charge in [0.15, 0.2) is 5.82 Å². The summed E-state index contributed by atoms with van der Waals surface area (Å²) in [6, 6.07) is 7.68. The van der Waals surface area contributed by atoms with Crippen LogP contribution in [-0.4, -0.2) is 40.4 Å². The van der Waals surface area contributed by atoms with Gasteiger partial charge < -0.3 is 9.64 Å². The Balaban J connectivity index is 1.81. The lowest BCUT2D eigenvalue weighted by Crippen LogP contribution is -3.05. The van der Waals surface area contributed by atoms with Crippen molar-refractivity contribution in [2.75, 3.05) is 20.2 Å². The first-order valence-electron chi connectivity index (χ1n) is 6.82. The molecule has 0 atom stereocenters. The van der Waals surface area contributed by atoms with E-state index in [1.54, 1.807) is 11.8 Å². The highest BCUT2D eigenvalue weighted by Gasteiger charge is 2.13. The third kappa shape index (κ3) is 2.70. The maximum Gasteiger partial charge on any atom is 0.185 e. The van der Waals surface area contributed by atoms with Crippen LogP contribution in [0, 0.1) is 0 Å². The lowest BCUT2D eigenvalue weighted by molar-refractivity contribution is -0.831. The van der Waals surface area contributed by atoms with E-state index >= 15 is 0 Å². The van der Waals surface area contributed by atoms with Crippen LogP contribution in [0.1, 0.15) is 18.7 Å². The number of benzene rings is 1. The molecular weight excluding hydrogens is 254 g/mol. The molecule has 0 spiro atoms. The lowest BCUT2D eigenvalue weighted by Gasteiger charge is -2.05. The summed E-state index contributed by atoms with van der Waals surface area (Å²) in [4.78, 5) is 1.48. The Labute approximate surface area is 117 Å². The number of methoxy groups -OCH3 is 1. The molecule has 1 aliphatic rings. The normalized spacial score (nSPS) is 16.1. The summed E-state index contributed by atoms with van der Waals surface area (Å²) in [5.41, 5.74) is 0.923. The molecule has 0 unspecified atom stereocenters. The van der Waals surface area contributed by atoms with Gasteiger partial charge in [-0.3, -0.25) is 0 Å². The number of quaternary nitrogens is 1. The first kappa shape index (κ1) is 12.8. The van der Waals surface area contributed by atoms with E-state index in [-0.39, 0.29) is 0 Å². The van der Waals surface area contributed by atoms with Crippen LogP contribution in [0.3, 0.4) is 0 Å². The van der Waals surface area contributed by atoms with Crippen molar-refractivity contribution >= 4 is 6.08 Å². The second-order valence-electron chi connectivity index (χ2n) is 4.85. The van der Waals surface area contributed by atoms with Crippen molar-refractivity contribution in [2.45, 2.75) is 12.8 Å². The summed E-state index contributed by atoms with van der Waals surface area (Å²) in [5.74, 6) is 1.56. The molecule has 6 heteroatoms. The van der Waals surface area contributed by atoms with Crippen LogP contribution in [0.15, 0.2) is 30.5 Å². The average molecular weight is 272 g/mol. The minimum atomic E-state index is 0.745. The molecule has 3 rings (SSSR count). The molecule has 2 aromatic rings. The minimum absolute atomic E-state index is 0.745. The fourth-order valence-corrected chi connectivity index (χ4v) is 2.39. The third-order valence-electron chi connectivity index (χ3n) is 3.52. The molecule has 0 radical (unpaired) electrons. The van der Waals surface area contributed by atoms with Crippen molar-refractivity contribution in [3.8, 4) is 11.4 Å². The van der Waals surface area contributed by atoms with Gasteiger partial charge in [-0.15, -0.1) is 5.10 Å². The van der Waals surface area contributed by atoms with E-state index in [0.29, 0.717) is 0 Å². The highest BCUT2D eigenvalue weighted by Crippen LogP contribution is 2.15. The topological polar surface area (TPSA) is 57.3 Å². The Morgan fingerprint density at radius 2 is 1.95 bits per heavy atom. The van der Waals surface area contributed by atoms with Crippen LogP contribution in [0.2, 0.25) is 0 Å². The largest absolute Gasteiger partial charge is 0.497 e. The Kier molecular flexibility index (Phi) is 3.73. The van der Waals surface area contributed by atoms with Gasteiger partial charge in [0.25, 0.3) is 0 Å². The number of rotatable bonds is 4. The van der Waals surface area contributed by atoms with Crippen molar-refractivity contribution < 1.29 is 9.64 Å². The highest BCUT2D eigenvalue weighted by molar-refractivity contribution is 5.44. The zero-order chi connectivity index (χ0) is 13.8. The molecule has 1 N–H and O–H groups in total. The number of nitrogens with one attached hydrogen (secondary N) is 1. The summed E-state index contributed by atoms with van der Waals surface area (Å²) in [5, 5.41) is 11.9. The molecule has 0 amide bonds. The highest BCUT2D eigenvalue weighted by atomic mass is 16.5. The number of hydrogen-bond donors (Lipinski definition) is 1. The zero-order valence-electron chi connectivity index (χ0n) is 11.5. The van der Waals surface area contributed by atoms with Crippen molar-refractivity contribution in [3.63, 3.8) is 0 Å². The van der Waals surface area contributed by atoms with Crippen LogP contribution in [0.25, 0.3) is 11.8 Å². The number of hydrogen-bond acceptors (Lipinski definition) is 4. The van der Waals surface area contributed by atoms with Gasteiger partial charge in [-0.2, -0.15) is 4.68 Å². The number of aromatic nitrogens is 4. The van der Waals surface area contributed by atoms with Crippen molar-refractivity contribution in [2.24, 2.45) is 0 Å². The van der Waals surface area contributed by atoms with E-state index in [2.05, 4.69) is 21.7 Å². The molecule has 6 nitrogen and oxygen atoms in total. The quantitative estimate of drug-likeness (QED) is 0.871. The van der Waals surface area contributed by atoms with E-state index in [1.165, 1.54) is 30.8 Å². The maximum atomic E-state index is 5.15. The summed E-state index contributed by atoms with van der Waals surface area (Å²) < 4.78 is 6.88. The van der Waals surface area contributed by atoms with Gasteiger partial charge >= 0.3 is 0 Å². The lowest BCUT2D eigenvalue weighted by atomic mass is 10.3. The van der Waals surface area contributed by atoms with E-state index in [9.17, 15) is 0 Å². The van der Waals surface area contributed by atoms with E-state index in [0.717, 1.165) is 17.3 Å². The van der Waals surface area contributed by atoms with Gasteiger partial charge in [0, 0.05) is 18.9 Å². The summed E-state index contributed by atoms with van der Waals surface area (Å²) in [6.07, 6.45) is 6.73. The Bertz CT molecular complexity index is 584. The zero-order valence-corrected chi connectivity index (χ0v) is 11.5. The first-order valence-corrected chi connectivity index (χ1v) is 6.82. The van der Waals surface area contributed by atoms with Crippen LogP contribution >= 0.6 is 0 Å². The van der Waals surface area contributed by atoms with Gasteiger partial charge in [0.05, 0.1) is 32.1 Å². The number of likely N-dealkylation sites (tertiary alicyclic amines) is 1. The van der Waals surface area contributed by atoms with Crippen LogP contribution in [-0.2, 0) is 0 Å². The molecule has 0 aliphatic carbocycles. The molecule has 1 aromatic heterocycles. The second-order valence-corrected chi connectivity index (χ2v) is 4.85. The van der Waals surface area contributed by atoms with Gasteiger partial charge in [0.1, 0.15) is 5.75 Å². The minimum Gasteiger partial charge on any atom is -0.497 e. The van der Waals surface area contributed by atoms with Gasteiger partial charge in [0.2, 0.25) is 0 Å². The molecule has 20 heavy (non-hydrogen) atoms. The van der Waals surface area contributed by atoms with E-state index in [1.807, 2.05) is 30.3 Å². The predicted molar refractivity (Wildman–Crippen MR) is 74.7 cm³/mol. The molecule has 104 valence electrons. The van der Waals surface area contributed by atoms with Gasteiger partial charge in [-0.25, -0.2) is 0 Å². The van der Waals surface area contributed by atoms with Crippen LogP contribution < -0.4 is 9.64 Å². The maximum absolute atomic E-state index is 5.15. The Morgan fingerprint density at radius 3 is 2.65 bits per heavy atom. The molecule has 1 saturated heterocycles. The fraction of sp³-hybridized carbons (Fsp3) is 0.357. The first-order chi connectivity index (χ1) is 9.86. The summed E-state index contributed by atoms with van der Waals surface area (Å²) >= 11 is 0. The standard InChI is InChI=1S/C14H17N5O/c1-20-13-6-4-12(5-7-13)19-14(15-16-17-19)8-11-18-9-2-3-10-18/h4-8,11H,2-3,9-10H2,1H3/p+1/b11-8+. The average Bonchev–Trinajstić information content (AvgIpc) is 3.16. The summed E-state index contributed by atoms with van der Waals surface area (Å²) in [6.45, 7) is 2.39. The molecule has 1 aromatic carbocycles.